The van der Waals surface area contributed by atoms with Crippen LogP contribution in [0.3, 0.4) is 0 Å². The molecule has 8 aromatic carbocycles. The number of ether oxygens (including phenoxy) is 1. The SMILES string of the molecule is CC(C)c1ccc(C2(c3ccc(C(C)C)cc3)c3cc(/C=C/C4=C(C#N)C(=C(C#N)C#N)OC4(c4ccccc4)C(F)(F)F)sc3-c3sc4c5c(sc4c32)-c2sc(-c3ccc(N(C)CCO[Si](c4ccccc4)(c4ccccc4)C(C)(C)C)cc3)cc2C5(c2ccc(C(C)C)cc2)c2ccc(C(C)C)cc2)cc1. The molecule has 0 bridgehead atoms. The maximum atomic E-state index is 16.4. The number of anilines is 1. The topological polar surface area (TPSA) is 93.1 Å². The number of allylic oxidation sites excluding steroid dienone is 2. The lowest BCUT2D eigenvalue weighted by Gasteiger charge is -2.43. The van der Waals surface area contributed by atoms with Crippen molar-refractivity contribution in [1.82, 2.24) is 0 Å². The standard InChI is InChI=1S/C94H83F3N4O2S4Si/c1-57(2)61-28-38-67(39-29-61)91(68-40-30-62(31-41-68)58(3)4)78-52-73(48-49-77-76(56-100)83(66(54-98)55-99)103-93(77,94(95,96)97)71-22-16-13-17-23-71)104-84(78)86-81(91)88-89(106-86)82-87(107-88)85-79(92(82,69-42-32-63(33-43-69)59(5)6)70-44-34-64(35-45-70)60(7)8)53-80(105-85)65-36-46-72(47-37-65)101(12)50-51-102-108(90(9,10)11,74-24-18-14-19-25-74)75-26-20-15-21-27-75/h13-49,52-53,57-60H,50-51H2,1-12H3/b49-48+. The molecule has 0 amide bonds. The summed E-state index contributed by atoms with van der Waals surface area (Å²) in [5.74, 6) is 0.375. The monoisotopic (exact) mass is 1510 g/mol. The van der Waals surface area contributed by atoms with Crippen molar-refractivity contribution in [2.24, 2.45) is 0 Å². The van der Waals surface area contributed by atoms with Crippen LogP contribution < -0.4 is 15.3 Å². The molecule has 0 N–H and O–H groups in total. The summed E-state index contributed by atoms with van der Waals surface area (Å²) in [5, 5.41) is 33.6. The third-order valence-electron chi connectivity index (χ3n) is 22.5. The van der Waals surface area contributed by atoms with Crippen LogP contribution in [-0.4, -0.2) is 34.7 Å². The smallest absolute Gasteiger partial charge is 0.437 e. The van der Waals surface area contributed by atoms with Gasteiger partial charge in [0.2, 0.25) is 0 Å². The largest absolute Gasteiger partial charge is 0.465 e. The van der Waals surface area contributed by atoms with Crippen LogP contribution >= 0.6 is 45.3 Å². The maximum Gasteiger partial charge on any atom is 0.437 e. The Labute approximate surface area is 649 Å². The average molecular weight is 1510 g/mol. The molecule has 1 aliphatic heterocycles. The summed E-state index contributed by atoms with van der Waals surface area (Å²) < 4.78 is 64.8. The van der Waals surface area contributed by atoms with Crippen LogP contribution in [0.2, 0.25) is 5.04 Å². The summed E-state index contributed by atoms with van der Waals surface area (Å²) in [6.07, 6.45) is -2.20. The third kappa shape index (κ3) is 11.6. The van der Waals surface area contributed by atoms with Crippen LogP contribution in [0.4, 0.5) is 18.9 Å². The molecule has 14 heteroatoms. The van der Waals surface area contributed by atoms with Crippen LogP contribution in [0, 0.1) is 34.0 Å². The Hall–Kier alpha value is -9.92. The number of thiophene rings is 4. The molecule has 0 spiro atoms. The number of halogens is 3. The minimum atomic E-state index is -5.16. The summed E-state index contributed by atoms with van der Waals surface area (Å²) >= 11 is 7.07. The lowest BCUT2D eigenvalue weighted by molar-refractivity contribution is -0.249. The van der Waals surface area contributed by atoms with Gasteiger partial charge < -0.3 is 14.1 Å². The molecule has 12 aromatic rings. The van der Waals surface area contributed by atoms with E-state index in [2.05, 4.69) is 282 Å². The fourth-order valence-electron chi connectivity index (χ4n) is 16.8. The predicted molar refractivity (Wildman–Crippen MR) is 444 cm³/mol. The van der Waals surface area contributed by atoms with Gasteiger partial charge in [-0.15, -0.1) is 45.3 Å². The molecule has 15 rings (SSSR count). The Kier molecular flexibility index (Phi) is 19.3. The predicted octanol–water partition coefficient (Wildman–Crippen LogP) is 24.6. The number of hydrogen-bond acceptors (Lipinski definition) is 10. The summed E-state index contributed by atoms with van der Waals surface area (Å²) in [6.45, 7) is 26.0. The highest BCUT2D eigenvalue weighted by molar-refractivity contribution is 7.35. The van der Waals surface area contributed by atoms with E-state index in [1.54, 1.807) is 24.3 Å². The van der Waals surface area contributed by atoms with Crippen molar-refractivity contribution in [1.29, 1.82) is 15.8 Å². The molecule has 108 heavy (non-hydrogen) atoms. The highest BCUT2D eigenvalue weighted by Gasteiger charge is 2.65. The molecule has 540 valence electrons. The second-order valence-electron chi connectivity index (χ2n) is 30.9. The first-order valence-electron chi connectivity index (χ1n) is 36.9. The van der Waals surface area contributed by atoms with E-state index in [-0.39, 0.29) is 22.4 Å². The van der Waals surface area contributed by atoms with E-state index in [1.807, 2.05) is 40.1 Å². The molecule has 0 radical (unpaired) electrons. The summed E-state index contributed by atoms with van der Waals surface area (Å²) in [4.78, 5) is 8.67. The fraction of sp³-hybridized carbons (Fsp3) is 0.245. The molecule has 5 heterocycles. The van der Waals surface area contributed by atoms with Crippen molar-refractivity contribution in [2.45, 2.75) is 127 Å². The number of fused-ring (bicyclic) bond motifs is 9. The van der Waals surface area contributed by atoms with Gasteiger partial charge in [-0.05, 0) is 131 Å². The molecule has 2 aliphatic carbocycles. The first-order valence-corrected chi connectivity index (χ1v) is 42.1. The van der Waals surface area contributed by atoms with Gasteiger partial charge in [0.15, 0.2) is 11.3 Å². The number of alkyl halides is 3. The van der Waals surface area contributed by atoms with Gasteiger partial charge in [-0.3, -0.25) is 0 Å². The number of hydrogen-bond donors (Lipinski definition) is 0. The van der Waals surface area contributed by atoms with E-state index >= 15 is 13.2 Å². The second kappa shape index (κ2) is 28.3. The van der Waals surface area contributed by atoms with E-state index < -0.39 is 53.4 Å². The third-order valence-corrected chi connectivity index (χ3v) is 32.7. The zero-order valence-corrected chi connectivity index (χ0v) is 66.9. The molecule has 1 unspecified atom stereocenters. The van der Waals surface area contributed by atoms with Crippen molar-refractivity contribution in [2.75, 3.05) is 25.1 Å². The molecular formula is C94H83F3N4O2S4Si. The molecule has 3 aliphatic rings. The first kappa shape index (κ1) is 73.6. The van der Waals surface area contributed by atoms with Gasteiger partial charge in [-0.25, -0.2) is 0 Å². The molecular weight excluding hydrogens is 1430 g/mol. The van der Waals surface area contributed by atoms with Gasteiger partial charge in [-0.1, -0.05) is 282 Å². The van der Waals surface area contributed by atoms with Gasteiger partial charge >= 0.3 is 6.18 Å². The number of nitrogens with zero attached hydrogens (tertiary/aromatic N) is 4. The fourth-order valence-corrected chi connectivity index (χ4v) is 27.1. The van der Waals surface area contributed by atoms with Crippen LogP contribution in [0.15, 0.2) is 253 Å². The van der Waals surface area contributed by atoms with Crippen molar-refractivity contribution in [3.63, 3.8) is 0 Å². The van der Waals surface area contributed by atoms with Gasteiger partial charge in [0.1, 0.15) is 23.8 Å². The number of likely N-dealkylation sites (N-methyl/N-ethyl adjacent to an activating group) is 1. The molecule has 1 atom stereocenters. The Bertz CT molecular complexity index is 5480. The van der Waals surface area contributed by atoms with Crippen LogP contribution in [0.1, 0.15) is 177 Å². The second-order valence-corrected chi connectivity index (χ2v) is 39.4. The summed E-state index contributed by atoms with van der Waals surface area (Å²) in [7, 11) is -0.601. The lowest BCUT2D eigenvalue weighted by Crippen LogP contribution is -2.67. The Morgan fingerprint density at radius 3 is 1.32 bits per heavy atom. The van der Waals surface area contributed by atoms with Gasteiger partial charge in [0.25, 0.3) is 13.9 Å². The Morgan fingerprint density at radius 1 is 0.509 bits per heavy atom. The highest BCUT2D eigenvalue weighted by Crippen LogP contribution is 2.71. The minimum absolute atomic E-state index is 0.146. The van der Waals surface area contributed by atoms with Crippen molar-refractivity contribution in [3.05, 3.63) is 330 Å². The number of benzene rings is 8. The van der Waals surface area contributed by atoms with Crippen LogP contribution in [0.5, 0.6) is 0 Å². The maximum absolute atomic E-state index is 16.4. The zero-order valence-electron chi connectivity index (χ0n) is 62.6. The normalized spacial score (nSPS) is 15.8. The van der Waals surface area contributed by atoms with Crippen LogP contribution in [-0.2, 0) is 25.6 Å². The number of rotatable bonds is 19. The van der Waals surface area contributed by atoms with Crippen molar-refractivity contribution < 1.29 is 22.3 Å². The van der Waals surface area contributed by atoms with E-state index in [4.69, 9.17) is 9.16 Å². The molecule has 0 saturated carbocycles. The zero-order chi connectivity index (χ0) is 76.0. The van der Waals surface area contributed by atoms with E-state index in [1.165, 1.54) is 126 Å². The summed E-state index contributed by atoms with van der Waals surface area (Å²) in [6, 6.07) is 84.7. The van der Waals surface area contributed by atoms with Crippen LogP contribution in [0.25, 0.3) is 45.4 Å². The molecule has 0 saturated heterocycles. The first-order chi connectivity index (χ1) is 51.9. The molecule has 6 nitrogen and oxygen atoms in total. The average Bonchev–Trinajstić information content (AvgIpc) is 1.48. The highest BCUT2D eigenvalue weighted by atomic mass is 32.1. The Morgan fingerprint density at radius 2 is 0.926 bits per heavy atom. The van der Waals surface area contributed by atoms with Crippen molar-refractivity contribution in [3.8, 4) is 48.2 Å². The lowest BCUT2D eigenvalue weighted by atomic mass is 9.67. The molecule has 4 aromatic heterocycles. The summed E-state index contributed by atoms with van der Waals surface area (Å²) in [5.41, 5.74) is 9.14. The van der Waals surface area contributed by atoms with E-state index in [0.29, 0.717) is 29.9 Å². The van der Waals surface area contributed by atoms with Gasteiger partial charge in [0.05, 0.1) is 46.3 Å². The Balaban J connectivity index is 0.932. The van der Waals surface area contributed by atoms with Gasteiger partial charge in [0, 0.05) is 51.3 Å². The molecule has 0 fully saturated rings. The van der Waals surface area contributed by atoms with E-state index in [0.717, 1.165) is 37.7 Å². The van der Waals surface area contributed by atoms with Crippen molar-refractivity contribution >= 4 is 85.2 Å². The minimum Gasteiger partial charge on any atom is -0.465 e. The quantitative estimate of drug-likeness (QED) is 0.0591. The number of nitriles is 3. The van der Waals surface area contributed by atoms with Gasteiger partial charge in [-0.2, -0.15) is 29.0 Å². The van der Waals surface area contributed by atoms with E-state index in [9.17, 15) is 15.8 Å².